The zero-order chi connectivity index (χ0) is 10.8. The molecule has 1 saturated heterocycles. The Kier molecular flexibility index (Phi) is 4.10. The Morgan fingerprint density at radius 1 is 1.64 bits per heavy atom. The summed E-state index contributed by atoms with van der Waals surface area (Å²) in [4.78, 5) is 11.0. The highest BCUT2D eigenvalue weighted by atomic mass is 31.2. The highest BCUT2D eigenvalue weighted by molar-refractivity contribution is 7.50. The fourth-order valence-corrected chi connectivity index (χ4v) is 2.30. The van der Waals surface area contributed by atoms with Crippen molar-refractivity contribution >= 4 is 7.60 Å². The van der Waals surface area contributed by atoms with Gasteiger partial charge in [0.15, 0.2) is 0 Å². The average Bonchev–Trinajstić information content (AvgIpc) is 2.28. The minimum Gasteiger partial charge on any atom is -0.779 e. The number of methoxy groups -OCH3 is 1. The van der Waals surface area contributed by atoms with Gasteiger partial charge in [-0.2, -0.15) is 0 Å². The molecule has 2 unspecified atom stereocenters. The van der Waals surface area contributed by atoms with Gasteiger partial charge < -0.3 is 23.5 Å². The first kappa shape index (κ1) is 12.1. The van der Waals surface area contributed by atoms with E-state index in [4.69, 9.17) is 14.0 Å². The van der Waals surface area contributed by atoms with E-state index >= 15 is 0 Å². The normalized spacial score (nSPS) is 37.0. The van der Waals surface area contributed by atoms with E-state index in [2.05, 4.69) is 0 Å². The summed E-state index contributed by atoms with van der Waals surface area (Å²) in [7, 11) is -2.14. The molecule has 4 atom stereocenters. The zero-order valence-corrected chi connectivity index (χ0v) is 9.53. The molecule has 84 valence electrons. The first-order valence-corrected chi connectivity index (χ1v) is 6.52. The molecular weight excluding hydrogens is 207 g/mol. The molecule has 0 spiro atoms. The SMILES string of the molecule is COC[C@H]1O[C@@H](C)CC1OP(C)(=O)[O-]. The molecule has 1 aliphatic rings. The molecular formula is C8H16O5P-. The molecule has 14 heavy (non-hydrogen) atoms. The zero-order valence-electron chi connectivity index (χ0n) is 8.63. The van der Waals surface area contributed by atoms with E-state index in [1.807, 2.05) is 6.92 Å². The first-order valence-electron chi connectivity index (χ1n) is 4.53. The highest BCUT2D eigenvalue weighted by Gasteiger charge is 2.35. The molecule has 1 rings (SSSR count). The summed E-state index contributed by atoms with van der Waals surface area (Å²) >= 11 is 0. The topological polar surface area (TPSA) is 67.8 Å². The molecule has 0 aromatic heterocycles. The average molecular weight is 223 g/mol. The van der Waals surface area contributed by atoms with Crippen LogP contribution in [0.25, 0.3) is 0 Å². The second-order valence-electron chi connectivity index (χ2n) is 3.59. The van der Waals surface area contributed by atoms with Gasteiger partial charge in [-0.25, -0.2) is 0 Å². The van der Waals surface area contributed by atoms with Crippen molar-refractivity contribution in [1.29, 1.82) is 0 Å². The van der Waals surface area contributed by atoms with Gasteiger partial charge in [0.05, 0.1) is 18.8 Å². The van der Waals surface area contributed by atoms with Crippen LogP contribution in [-0.4, -0.2) is 38.7 Å². The van der Waals surface area contributed by atoms with E-state index < -0.39 is 13.7 Å². The van der Waals surface area contributed by atoms with Crippen molar-refractivity contribution in [2.45, 2.75) is 31.7 Å². The number of ether oxygens (including phenoxy) is 2. The Labute approximate surface area is 83.9 Å². The summed E-state index contributed by atoms with van der Waals surface area (Å²) in [5.74, 6) is 0. The third-order valence-corrected chi connectivity index (χ3v) is 2.70. The van der Waals surface area contributed by atoms with Crippen molar-refractivity contribution in [3.8, 4) is 0 Å². The molecule has 0 aliphatic carbocycles. The molecule has 0 aromatic rings. The predicted molar refractivity (Wildman–Crippen MR) is 49.2 cm³/mol. The molecule has 0 N–H and O–H groups in total. The van der Waals surface area contributed by atoms with Gasteiger partial charge in [0, 0.05) is 20.2 Å². The molecule has 1 heterocycles. The van der Waals surface area contributed by atoms with E-state index in [1.54, 1.807) is 7.11 Å². The fraction of sp³-hybridized carbons (Fsp3) is 1.00. The predicted octanol–water partition coefficient (Wildman–Crippen LogP) is 0.379. The van der Waals surface area contributed by atoms with E-state index in [0.717, 1.165) is 6.66 Å². The van der Waals surface area contributed by atoms with Crippen molar-refractivity contribution in [2.24, 2.45) is 0 Å². The summed E-state index contributed by atoms with van der Waals surface area (Å²) in [6.07, 6.45) is -0.0733. The number of rotatable bonds is 4. The van der Waals surface area contributed by atoms with Crippen molar-refractivity contribution in [1.82, 2.24) is 0 Å². The largest absolute Gasteiger partial charge is 0.779 e. The van der Waals surface area contributed by atoms with E-state index in [9.17, 15) is 9.46 Å². The van der Waals surface area contributed by atoms with Crippen LogP contribution in [0.3, 0.4) is 0 Å². The van der Waals surface area contributed by atoms with Crippen molar-refractivity contribution in [3.05, 3.63) is 0 Å². The quantitative estimate of drug-likeness (QED) is 0.644. The molecule has 0 radical (unpaired) electrons. The lowest BCUT2D eigenvalue weighted by Crippen LogP contribution is -2.29. The van der Waals surface area contributed by atoms with Crippen LogP contribution >= 0.6 is 7.60 Å². The summed E-state index contributed by atoms with van der Waals surface area (Å²) in [5.41, 5.74) is 0. The lowest BCUT2D eigenvalue weighted by atomic mass is 10.1. The van der Waals surface area contributed by atoms with Crippen molar-refractivity contribution in [3.63, 3.8) is 0 Å². The third-order valence-electron chi connectivity index (χ3n) is 2.04. The number of hydrogen-bond donors (Lipinski definition) is 0. The van der Waals surface area contributed by atoms with Crippen LogP contribution in [0.4, 0.5) is 0 Å². The molecule has 0 bridgehead atoms. The van der Waals surface area contributed by atoms with Crippen molar-refractivity contribution < 1.29 is 23.5 Å². The third kappa shape index (κ3) is 3.67. The van der Waals surface area contributed by atoms with Gasteiger partial charge in [0.1, 0.15) is 13.7 Å². The first-order chi connectivity index (χ1) is 6.42. The summed E-state index contributed by atoms with van der Waals surface area (Å²) in [6.45, 7) is 3.31. The van der Waals surface area contributed by atoms with Crippen LogP contribution in [0.2, 0.25) is 0 Å². The van der Waals surface area contributed by atoms with E-state index in [0.29, 0.717) is 13.0 Å². The second kappa shape index (κ2) is 4.73. The molecule has 0 saturated carbocycles. The lowest BCUT2D eigenvalue weighted by Gasteiger charge is -2.25. The van der Waals surface area contributed by atoms with Crippen LogP contribution in [0, 0.1) is 0 Å². The minimum atomic E-state index is -3.69. The van der Waals surface area contributed by atoms with Crippen LogP contribution in [-0.2, 0) is 18.6 Å². The summed E-state index contributed by atoms with van der Waals surface area (Å²) in [6, 6.07) is 0. The standard InChI is InChI=1S/C8H17O5P/c1-6-4-7(13-14(3,9)10)8(12-6)5-11-2/h6-8H,4-5H2,1-3H3,(H,9,10)/p-1/t6-,7?,8+/m0/s1. The van der Waals surface area contributed by atoms with Gasteiger partial charge in [-0.15, -0.1) is 0 Å². The number of hydrogen-bond acceptors (Lipinski definition) is 5. The van der Waals surface area contributed by atoms with Crippen LogP contribution in [0.15, 0.2) is 0 Å². The Morgan fingerprint density at radius 3 is 2.79 bits per heavy atom. The Morgan fingerprint density at radius 2 is 2.29 bits per heavy atom. The molecule has 5 nitrogen and oxygen atoms in total. The maximum Gasteiger partial charge on any atom is 0.132 e. The Balaban J connectivity index is 2.53. The van der Waals surface area contributed by atoms with Crippen molar-refractivity contribution in [2.75, 3.05) is 20.4 Å². The summed E-state index contributed by atoms with van der Waals surface area (Å²) in [5, 5.41) is 0. The van der Waals surface area contributed by atoms with Gasteiger partial charge >= 0.3 is 0 Å². The molecule has 1 aliphatic heterocycles. The van der Waals surface area contributed by atoms with Gasteiger partial charge in [-0.05, 0) is 6.92 Å². The second-order valence-corrected chi connectivity index (χ2v) is 5.34. The highest BCUT2D eigenvalue weighted by Crippen LogP contribution is 2.38. The van der Waals surface area contributed by atoms with Gasteiger partial charge in [-0.1, -0.05) is 0 Å². The van der Waals surface area contributed by atoms with E-state index in [1.165, 1.54) is 0 Å². The van der Waals surface area contributed by atoms with Gasteiger partial charge in [0.25, 0.3) is 0 Å². The van der Waals surface area contributed by atoms with Crippen LogP contribution < -0.4 is 4.89 Å². The summed E-state index contributed by atoms with van der Waals surface area (Å²) < 4.78 is 26.3. The maximum atomic E-state index is 11.0. The van der Waals surface area contributed by atoms with E-state index in [-0.39, 0.29) is 12.2 Å². The van der Waals surface area contributed by atoms with Crippen LogP contribution in [0.5, 0.6) is 0 Å². The molecule has 0 aromatic carbocycles. The van der Waals surface area contributed by atoms with Crippen LogP contribution in [0.1, 0.15) is 13.3 Å². The molecule has 6 heteroatoms. The fourth-order valence-electron chi connectivity index (χ4n) is 1.59. The maximum absolute atomic E-state index is 11.0. The Hall–Kier alpha value is 0.0700. The monoisotopic (exact) mass is 223 g/mol. The van der Waals surface area contributed by atoms with Gasteiger partial charge in [0.2, 0.25) is 0 Å². The molecule has 1 fully saturated rings. The molecule has 0 amide bonds. The lowest BCUT2D eigenvalue weighted by molar-refractivity contribution is -0.202. The smallest absolute Gasteiger partial charge is 0.132 e. The van der Waals surface area contributed by atoms with Gasteiger partial charge in [-0.3, -0.25) is 0 Å². The minimum absolute atomic E-state index is 0.0201. The Bertz CT molecular complexity index is 226.